The van der Waals surface area contributed by atoms with Crippen LogP contribution in [0.2, 0.25) is 0 Å². The molecule has 2 aromatic carbocycles. The van der Waals surface area contributed by atoms with Crippen LogP contribution in [0.5, 0.6) is 5.75 Å². The monoisotopic (exact) mass is 350 g/mol. The van der Waals surface area contributed by atoms with Gasteiger partial charge in [0.25, 0.3) is 5.91 Å². The van der Waals surface area contributed by atoms with E-state index in [0.717, 1.165) is 34.7 Å². The second-order valence-corrected chi connectivity index (χ2v) is 6.46. The van der Waals surface area contributed by atoms with Crippen LogP contribution in [0.4, 0.5) is 5.69 Å². The van der Waals surface area contributed by atoms with Gasteiger partial charge in [0.1, 0.15) is 11.6 Å². The Kier molecular flexibility index (Phi) is 4.34. The maximum absolute atomic E-state index is 11.5. The van der Waals surface area contributed by atoms with Crippen molar-refractivity contribution < 1.29 is 9.53 Å². The van der Waals surface area contributed by atoms with E-state index in [0.29, 0.717) is 12.3 Å². The van der Waals surface area contributed by atoms with Crippen molar-refractivity contribution >= 4 is 22.6 Å². The second-order valence-electron chi connectivity index (χ2n) is 6.46. The lowest BCUT2D eigenvalue weighted by atomic mass is 10.1. The standard InChI is InChI=1S/C20H22N4O2/c1-3-24-17-7-5-4-6-15(17)22-19(24)11-21-13(2)14-8-9-18-16(10-14)23-20(25)12-26-18/h4-10,13,21H,3,11-12H2,1-2H3,(H,23,25). The van der Waals surface area contributed by atoms with E-state index in [1.54, 1.807) is 0 Å². The SMILES string of the molecule is CCn1c(CNC(C)c2ccc3c(c2)NC(=O)CO3)nc2ccccc21. The summed E-state index contributed by atoms with van der Waals surface area (Å²) in [6.45, 7) is 5.87. The highest BCUT2D eigenvalue weighted by Gasteiger charge is 2.18. The van der Waals surface area contributed by atoms with Crippen LogP contribution in [-0.4, -0.2) is 22.1 Å². The lowest BCUT2D eigenvalue weighted by Gasteiger charge is -2.21. The first-order chi connectivity index (χ1) is 12.7. The number of nitrogens with zero attached hydrogens (tertiary/aromatic N) is 2. The molecular weight excluding hydrogens is 328 g/mol. The number of amides is 1. The van der Waals surface area contributed by atoms with Crippen LogP contribution < -0.4 is 15.4 Å². The van der Waals surface area contributed by atoms with Crippen molar-refractivity contribution in [2.75, 3.05) is 11.9 Å². The molecule has 0 aliphatic carbocycles. The summed E-state index contributed by atoms with van der Waals surface area (Å²) in [6, 6.07) is 14.2. The topological polar surface area (TPSA) is 68.2 Å². The Morgan fingerprint density at radius 2 is 2.15 bits per heavy atom. The molecule has 2 heterocycles. The van der Waals surface area contributed by atoms with E-state index < -0.39 is 0 Å². The fourth-order valence-electron chi connectivity index (χ4n) is 3.35. The molecule has 1 aromatic heterocycles. The average Bonchev–Trinajstić information content (AvgIpc) is 3.02. The summed E-state index contributed by atoms with van der Waals surface area (Å²) < 4.78 is 7.65. The third kappa shape index (κ3) is 3.04. The summed E-state index contributed by atoms with van der Waals surface area (Å²) in [4.78, 5) is 16.3. The fraction of sp³-hybridized carbons (Fsp3) is 0.300. The number of para-hydroxylation sites is 2. The van der Waals surface area contributed by atoms with Gasteiger partial charge in [-0.05, 0) is 43.7 Å². The van der Waals surface area contributed by atoms with Crippen molar-refractivity contribution in [2.24, 2.45) is 0 Å². The number of nitrogens with one attached hydrogen (secondary N) is 2. The third-order valence-corrected chi connectivity index (χ3v) is 4.75. The van der Waals surface area contributed by atoms with E-state index in [-0.39, 0.29) is 18.6 Å². The van der Waals surface area contributed by atoms with Gasteiger partial charge in [0, 0.05) is 12.6 Å². The number of rotatable bonds is 5. The lowest BCUT2D eigenvalue weighted by Crippen LogP contribution is -2.26. The van der Waals surface area contributed by atoms with Crippen LogP contribution in [0.15, 0.2) is 42.5 Å². The lowest BCUT2D eigenvalue weighted by molar-refractivity contribution is -0.118. The molecule has 0 bridgehead atoms. The van der Waals surface area contributed by atoms with Crippen molar-refractivity contribution in [1.29, 1.82) is 0 Å². The molecule has 1 aliphatic heterocycles. The number of hydrogen-bond donors (Lipinski definition) is 2. The van der Waals surface area contributed by atoms with Crippen molar-refractivity contribution in [3.8, 4) is 5.75 Å². The molecule has 1 unspecified atom stereocenters. The van der Waals surface area contributed by atoms with Gasteiger partial charge in [-0.1, -0.05) is 18.2 Å². The fourth-order valence-corrected chi connectivity index (χ4v) is 3.35. The number of ether oxygens (including phenoxy) is 1. The molecule has 0 saturated carbocycles. The van der Waals surface area contributed by atoms with E-state index in [1.165, 1.54) is 0 Å². The molecule has 6 nitrogen and oxygen atoms in total. The number of fused-ring (bicyclic) bond motifs is 2. The normalized spacial score (nSPS) is 14.6. The second kappa shape index (κ2) is 6.80. The highest BCUT2D eigenvalue weighted by Crippen LogP contribution is 2.30. The predicted octanol–water partition coefficient (Wildman–Crippen LogP) is 3.24. The van der Waals surface area contributed by atoms with Gasteiger partial charge < -0.3 is 19.9 Å². The van der Waals surface area contributed by atoms with Gasteiger partial charge in [-0.2, -0.15) is 0 Å². The Labute approximate surface area is 152 Å². The minimum atomic E-state index is -0.119. The average molecular weight is 350 g/mol. The Hall–Kier alpha value is -2.86. The first-order valence-electron chi connectivity index (χ1n) is 8.90. The molecule has 0 spiro atoms. The summed E-state index contributed by atoms with van der Waals surface area (Å²) in [5, 5.41) is 6.39. The van der Waals surface area contributed by atoms with Gasteiger partial charge in [0.15, 0.2) is 6.61 Å². The highest BCUT2D eigenvalue weighted by atomic mass is 16.5. The zero-order valence-electron chi connectivity index (χ0n) is 15.0. The zero-order chi connectivity index (χ0) is 18.1. The molecule has 6 heteroatoms. The quantitative estimate of drug-likeness (QED) is 0.741. The maximum atomic E-state index is 11.5. The Balaban J connectivity index is 1.52. The summed E-state index contributed by atoms with van der Waals surface area (Å²) in [7, 11) is 0. The molecule has 1 aliphatic rings. The van der Waals surface area contributed by atoms with Gasteiger partial charge in [-0.15, -0.1) is 0 Å². The van der Waals surface area contributed by atoms with E-state index in [1.807, 2.05) is 36.4 Å². The van der Waals surface area contributed by atoms with Crippen LogP contribution in [0.1, 0.15) is 31.3 Å². The summed E-state index contributed by atoms with van der Waals surface area (Å²) in [5.41, 5.74) is 4.00. The largest absolute Gasteiger partial charge is 0.482 e. The summed E-state index contributed by atoms with van der Waals surface area (Å²) in [5.74, 6) is 1.62. The van der Waals surface area contributed by atoms with E-state index in [4.69, 9.17) is 9.72 Å². The number of carbonyl (C=O) groups excluding carboxylic acids is 1. The smallest absolute Gasteiger partial charge is 0.262 e. The molecule has 3 aromatic rings. The Morgan fingerprint density at radius 1 is 1.31 bits per heavy atom. The number of aryl methyl sites for hydroxylation is 1. The van der Waals surface area contributed by atoms with Crippen LogP contribution in [0.3, 0.4) is 0 Å². The third-order valence-electron chi connectivity index (χ3n) is 4.75. The zero-order valence-corrected chi connectivity index (χ0v) is 15.0. The summed E-state index contributed by atoms with van der Waals surface area (Å²) >= 11 is 0. The summed E-state index contributed by atoms with van der Waals surface area (Å²) in [6.07, 6.45) is 0. The minimum absolute atomic E-state index is 0.0768. The van der Waals surface area contributed by atoms with Crippen molar-refractivity contribution in [2.45, 2.75) is 33.0 Å². The molecule has 26 heavy (non-hydrogen) atoms. The predicted molar refractivity (Wildman–Crippen MR) is 101 cm³/mol. The van der Waals surface area contributed by atoms with Crippen molar-refractivity contribution in [3.63, 3.8) is 0 Å². The van der Waals surface area contributed by atoms with Crippen LogP contribution >= 0.6 is 0 Å². The van der Waals surface area contributed by atoms with Gasteiger partial charge in [0.2, 0.25) is 0 Å². The first-order valence-corrected chi connectivity index (χ1v) is 8.90. The molecule has 0 radical (unpaired) electrons. The van der Waals surface area contributed by atoms with Crippen LogP contribution in [0.25, 0.3) is 11.0 Å². The number of hydrogen-bond acceptors (Lipinski definition) is 4. The van der Waals surface area contributed by atoms with Gasteiger partial charge >= 0.3 is 0 Å². The number of anilines is 1. The van der Waals surface area contributed by atoms with E-state index in [2.05, 4.69) is 35.1 Å². The van der Waals surface area contributed by atoms with Gasteiger partial charge in [0.05, 0.1) is 23.3 Å². The van der Waals surface area contributed by atoms with Gasteiger partial charge in [-0.3, -0.25) is 4.79 Å². The molecule has 0 fully saturated rings. The van der Waals surface area contributed by atoms with Crippen molar-refractivity contribution in [1.82, 2.24) is 14.9 Å². The molecule has 0 saturated heterocycles. The van der Waals surface area contributed by atoms with Gasteiger partial charge in [-0.25, -0.2) is 4.98 Å². The number of carbonyl (C=O) groups is 1. The number of imidazole rings is 1. The minimum Gasteiger partial charge on any atom is -0.482 e. The van der Waals surface area contributed by atoms with Crippen LogP contribution in [-0.2, 0) is 17.9 Å². The highest BCUT2D eigenvalue weighted by molar-refractivity contribution is 5.95. The maximum Gasteiger partial charge on any atom is 0.262 e. The van der Waals surface area contributed by atoms with Crippen molar-refractivity contribution in [3.05, 3.63) is 53.9 Å². The molecule has 1 amide bonds. The molecular formula is C20H22N4O2. The number of aromatic nitrogens is 2. The first kappa shape index (κ1) is 16.6. The van der Waals surface area contributed by atoms with E-state index >= 15 is 0 Å². The van der Waals surface area contributed by atoms with Crippen LogP contribution in [0, 0.1) is 0 Å². The molecule has 2 N–H and O–H groups in total. The Bertz CT molecular complexity index is 964. The van der Waals surface area contributed by atoms with E-state index in [9.17, 15) is 4.79 Å². The molecule has 1 atom stereocenters. The molecule has 4 rings (SSSR count). The molecule has 134 valence electrons. The number of benzene rings is 2. The Morgan fingerprint density at radius 3 is 3.00 bits per heavy atom.